The average Bonchev–Trinajstić information content (AvgIpc) is 2.84. The molecule has 0 amide bonds. The molecule has 0 fully saturated rings. The summed E-state index contributed by atoms with van der Waals surface area (Å²) >= 11 is 0. The lowest BCUT2D eigenvalue weighted by Gasteiger charge is -2.19. The molecule has 0 aliphatic carbocycles. The summed E-state index contributed by atoms with van der Waals surface area (Å²) in [4.78, 5) is 15.0. The number of carbonyl (C=O) groups is 1. The molecule has 0 aliphatic rings. The van der Waals surface area contributed by atoms with Crippen LogP contribution in [0.4, 0.5) is 0 Å². The van der Waals surface area contributed by atoms with Gasteiger partial charge in [0, 0.05) is 6.42 Å². The average molecular weight is 264 g/mol. The van der Waals surface area contributed by atoms with Crippen LogP contribution in [0.15, 0.2) is 21.3 Å². The Kier molecular flexibility index (Phi) is 3.42. The predicted octanol–water partition coefficient (Wildman–Crippen LogP) is 2.68. The second-order valence-corrected chi connectivity index (χ2v) is 5.31. The number of aryl methyl sites for hydroxylation is 1. The van der Waals surface area contributed by atoms with Gasteiger partial charge in [-0.05, 0) is 18.4 Å². The minimum Gasteiger partial charge on any atom is -0.481 e. The van der Waals surface area contributed by atoms with Crippen molar-refractivity contribution in [3.05, 3.63) is 24.0 Å². The van der Waals surface area contributed by atoms with E-state index in [0.29, 0.717) is 18.1 Å². The predicted molar refractivity (Wildman–Crippen MR) is 66.5 cm³/mol. The van der Waals surface area contributed by atoms with Gasteiger partial charge in [0.15, 0.2) is 0 Å². The normalized spacial score (nSPS) is 11.7. The fourth-order valence-corrected chi connectivity index (χ4v) is 1.93. The van der Waals surface area contributed by atoms with Gasteiger partial charge in [0.25, 0.3) is 0 Å². The van der Waals surface area contributed by atoms with Crippen LogP contribution in [-0.4, -0.2) is 21.2 Å². The van der Waals surface area contributed by atoms with Gasteiger partial charge in [-0.25, -0.2) is 0 Å². The molecule has 0 bridgehead atoms. The molecule has 0 aliphatic heterocycles. The molecule has 0 unspecified atom stereocenters. The molecular formula is C13H16N2O4. The molecule has 2 aromatic rings. The Morgan fingerprint density at radius 1 is 1.47 bits per heavy atom. The number of nitrogens with zero attached hydrogens (tertiary/aromatic N) is 2. The molecule has 0 atom stereocenters. The van der Waals surface area contributed by atoms with Crippen LogP contribution < -0.4 is 0 Å². The maximum Gasteiger partial charge on any atom is 0.303 e. The van der Waals surface area contributed by atoms with Crippen molar-refractivity contribution in [3.8, 4) is 11.4 Å². The Bertz CT molecular complexity index is 583. The van der Waals surface area contributed by atoms with Gasteiger partial charge >= 0.3 is 5.97 Å². The second-order valence-electron chi connectivity index (χ2n) is 5.31. The van der Waals surface area contributed by atoms with Gasteiger partial charge in [-0.3, -0.25) is 4.79 Å². The fourth-order valence-electron chi connectivity index (χ4n) is 1.93. The Hall–Kier alpha value is -2.11. The van der Waals surface area contributed by atoms with Gasteiger partial charge in [0.1, 0.15) is 5.76 Å². The molecule has 19 heavy (non-hydrogen) atoms. The third-order valence-corrected chi connectivity index (χ3v) is 2.83. The first-order chi connectivity index (χ1) is 8.87. The number of hydrogen-bond donors (Lipinski definition) is 1. The van der Waals surface area contributed by atoms with Gasteiger partial charge in [-0.1, -0.05) is 19.0 Å². The molecule has 0 saturated heterocycles. The number of furan rings is 1. The van der Waals surface area contributed by atoms with Gasteiger partial charge in [0.2, 0.25) is 11.7 Å². The molecular weight excluding hydrogens is 248 g/mol. The summed E-state index contributed by atoms with van der Waals surface area (Å²) in [5.41, 5.74) is 0.354. The van der Waals surface area contributed by atoms with Gasteiger partial charge in [-0.2, -0.15) is 4.98 Å². The zero-order chi connectivity index (χ0) is 14.0. The highest BCUT2D eigenvalue weighted by atomic mass is 16.5. The number of rotatable bonds is 5. The first-order valence-electron chi connectivity index (χ1n) is 5.96. The monoisotopic (exact) mass is 264 g/mol. The summed E-state index contributed by atoms with van der Waals surface area (Å²) in [6.45, 7) is 5.53. The highest BCUT2D eigenvalue weighted by Crippen LogP contribution is 2.27. The van der Waals surface area contributed by atoms with Gasteiger partial charge in [0.05, 0.1) is 18.2 Å². The minimum atomic E-state index is -0.838. The summed E-state index contributed by atoms with van der Waals surface area (Å²) in [6, 6.07) is 1.77. The fraction of sp³-hybridized carbons (Fsp3) is 0.462. The standard InChI is InChI=1S/C13H16N2O4/c1-8-9(4-5-18-8)12-14-10(19-15-12)6-13(2,3)7-11(16)17/h4-5H,6-7H2,1-3H3,(H,16,17). The summed E-state index contributed by atoms with van der Waals surface area (Å²) in [5, 5.41) is 12.7. The third-order valence-electron chi connectivity index (χ3n) is 2.83. The smallest absolute Gasteiger partial charge is 0.303 e. The maximum atomic E-state index is 10.8. The molecule has 1 N–H and O–H groups in total. The van der Waals surface area contributed by atoms with Crippen molar-refractivity contribution in [1.29, 1.82) is 0 Å². The van der Waals surface area contributed by atoms with E-state index in [0.717, 1.165) is 11.3 Å². The van der Waals surface area contributed by atoms with Crippen LogP contribution in [0.2, 0.25) is 0 Å². The van der Waals surface area contributed by atoms with Crippen LogP contribution in [0.1, 0.15) is 31.9 Å². The molecule has 2 aromatic heterocycles. The second kappa shape index (κ2) is 4.87. The van der Waals surface area contributed by atoms with E-state index in [1.165, 1.54) is 0 Å². The zero-order valence-electron chi connectivity index (χ0n) is 11.1. The van der Waals surface area contributed by atoms with E-state index >= 15 is 0 Å². The number of carboxylic acid groups (broad SMARTS) is 1. The third kappa shape index (κ3) is 3.21. The Labute approximate surface area is 110 Å². The zero-order valence-corrected chi connectivity index (χ0v) is 11.1. The van der Waals surface area contributed by atoms with Crippen LogP contribution in [0, 0.1) is 12.3 Å². The molecule has 2 heterocycles. The first kappa shape index (κ1) is 13.3. The summed E-state index contributed by atoms with van der Waals surface area (Å²) < 4.78 is 10.3. The van der Waals surface area contributed by atoms with Gasteiger partial charge < -0.3 is 14.0 Å². The van der Waals surface area contributed by atoms with Crippen LogP contribution in [0.5, 0.6) is 0 Å². The molecule has 102 valence electrons. The minimum absolute atomic E-state index is 0.0510. The van der Waals surface area contributed by atoms with Gasteiger partial charge in [-0.15, -0.1) is 0 Å². The van der Waals surface area contributed by atoms with Crippen molar-refractivity contribution >= 4 is 5.97 Å². The number of hydrogen-bond acceptors (Lipinski definition) is 5. The lowest BCUT2D eigenvalue weighted by Crippen LogP contribution is -2.19. The number of aromatic nitrogens is 2. The summed E-state index contributed by atoms with van der Waals surface area (Å²) in [6.07, 6.45) is 2.04. The van der Waals surface area contributed by atoms with Crippen molar-refractivity contribution in [2.75, 3.05) is 0 Å². The quantitative estimate of drug-likeness (QED) is 0.892. The number of carboxylic acids is 1. The maximum absolute atomic E-state index is 10.8. The van der Waals surface area contributed by atoms with Crippen LogP contribution in [0.25, 0.3) is 11.4 Å². The molecule has 2 rings (SSSR count). The van der Waals surface area contributed by atoms with E-state index in [1.807, 2.05) is 20.8 Å². The Morgan fingerprint density at radius 3 is 2.79 bits per heavy atom. The summed E-state index contributed by atoms with van der Waals surface area (Å²) in [5.74, 6) is 0.779. The van der Waals surface area contributed by atoms with E-state index in [2.05, 4.69) is 10.1 Å². The van der Waals surface area contributed by atoms with Crippen molar-refractivity contribution in [3.63, 3.8) is 0 Å². The summed E-state index contributed by atoms with van der Waals surface area (Å²) in [7, 11) is 0. The van der Waals surface area contributed by atoms with Crippen molar-refractivity contribution < 1.29 is 18.8 Å². The van der Waals surface area contributed by atoms with Crippen LogP contribution >= 0.6 is 0 Å². The van der Waals surface area contributed by atoms with Crippen molar-refractivity contribution in [1.82, 2.24) is 10.1 Å². The Balaban J connectivity index is 2.14. The van der Waals surface area contributed by atoms with E-state index in [9.17, 15) is 4.79 Å². The highest BCUT2D eigenvalue weighted by Gasteiger charge is 2.25. The molecule has 0 aromatic carbocycles. The Morgan fingerprint density at radius 2 is 2.21 bits per heavy atom. The SMILES string of the molecule is Cc1occc1-c1noc(CC(C)(C)CC(=O)O)n1. The number of aliphatic carboxylic acids is 1. The van der Waals surface area contributed by atoms with E-state index in [-0.39, 0.29) is 6.42 Å². The molecule has 6 nitrogen and oxygen atoms in total. The lowest BCUT2D eigenvalue weighted by molar-refractivity contribution is -0.139. The van der Waals surface area contributed by atoms with Crippen molar-refractivity contribution in [2.45, 2.75) is 33.6 Å². The van der Waals surface area contributed by atoms with Crippen LogP contribution in [0.3, 0.4) is 0 Å². The largest absolute Gasteiger partial charge is 0.481 e. The first-order valence-corrected chi connectivity index (χ1v) is 5.96. The van der Waals surface area contributed by atoms with Crippen LogP contribution in [-0.2, 0) is 11.2 Å². The van der Waals surface area contributed by atoms with E-state index in [1.54, 1.807) is 12.3 Å². The molecule has 0 spiro atoms. The highest BCUT2D eigenvalue weighted by molar-refractivity contribution is 5.67. The topological polar surface area (TPSA) is 89.4 Å². The molecule has 0 radical (unpaired) electrons. The van der Waals surface area contributed by atoms with Crippen molar-refractivity contribution in [2.24, 2.45) is 5.41 Å². The lowest BCUT2D eigenvalue weighted by atomic mass is 9.86. The molecule has 6 heteroatoms. The molecule has 0 saturated carbocycles. The van der Waals surface area contributed by atoms with E-state index in [4.69, 9.17) is 14.0 Å². The van der Waals surface area contributed by atoms with E-state index < -0.39 is 11.4 Å².